The summed E-state index contributed by atoms with van der Waals surface area (Å²) in [5.41, 5.74) is 2.72. The zero-order valence-corrected chi connectivity index (χ0v) is 13.8. The Morgan fingerprint density at radius 3 is 2.91 bits per heavy atom. The summed E-state index contributed by atoms with van der Waals surface area (Å²) in [6, 6.07) is 6.27. The van der Waals surface area contributed by atoms with Crippen molar-refractivity contribution in [3.05, 3.63) is 29.3 Å². The van der Waals surface area contributed by atoms with Gasteiger partial charge in [0.1, 0.15) is 5.75 Å². The molecule has 1 aliphatic carbocycles. The van der Waals surface area contributed by atoms with Crippen molar-refractivity contribution in [2.75, 3.05) is 13.1 Å². The van der Waals surface area contributed by atoms with Crippen LogP contribution >= 0.6 is 0 Å². The fourth-order valence-corrected chi connectivity index (χ4v) is 3.74. The Kier molecular flexibility index (Phi) is 4.70. The zero-order valence-electron chi connectivity index (χ0n) is 13.8. The molecule has 1 aromatic carbocycles. The lowest BCUT2D eigenvalue weighted by molar-refractivity contribution is -0.139. The highest BCUT2D eigenvalue weighted by Crippen LogP contribution is 2.30. The van der Waals surface area contributed by atoms with Crippen molar-refractivity contribution in [2.45, 2.75) is 58.5 Å². The Labute approximate surface area is 133 Å². The van der Waals surface area contributed by atoms with Gasteiger partial charge in [-0.3, -0.25) is 4.79 Å². The maximum Gasteiger partial charge on any atom is 0.263 e. The van der Waals surface area contributed by atoms with E-state index in [1.165, 1.54) is 30.4 Å². The van der Waals surface area contributed by atoms with Crippen LogP contribution in [0.25, 0.3) is 0 Å². The summed E-state index contributed by atoms with van der Waals surface area (Å²) in [6.07, 6.45) is 6.64. The molecule has 0 radical (unpaired) electrons. The van der Waals surface area contributed by atoms with Crippen LogP contribution in [-0.4, -0.2) is 30.0 Å². The van der Waals surface area contributed by atoms with Crippen molar-refractivity contribution in [3.8, 4) is 5.75 Å². The second-order valence-electron chi connectivity index (χ2n) is 6.89. The predicted molar refractivity (Wildman–Crippen MR) is 88.2 cm³/mol. The van der Waals surface area contributed by atoms with Crippen LogP contribution in [0.5, 0.6) is 5.75 Å². The SMILES string of the molecule is C[C@H]1CCCN(C(=O)[C@@H](C)Oc2cccc3c2CCCC3)C1. The van der Waals surface area contributed by atoms with Gasteiger partial charge in [0.2, 0.25) is 0 Å². The number of rotatable bonds is 3. The van der Waals surface area contributed by atoms with Gasteiger partial charge in [-0.05, 0) is 68.6 Å². The van der Waals surface area contributed by atoms with Gasteiger partial charge in [0.15, 0.2) is 6.10 Å². The first kappa shape index (κ1) is 15.4. The highest BCUT2D eigenvalue weighted by atomic mass is 16.5. The Hall–Kier alpha value is -1.51. The number of carbonyl (C=O) groups excluding carboxylic acids is 1. The number of piperidine rings is 1. The molecule has 2 atom stereocenters. The monoisotopic (exact) mass is 301 g/mol. The quantitative estimate of drug-likeness (QED) is 0.854. The van der Waals surface area contributed by atoms with Gasteiger partial charge in [0.25, 0.3) is 5.91 Å². The van der Waals surface area contributed by atoms with Crippen LogP contribution < -0.4 is 4.74 Å². The van der Waals surface area contributed by atoms with Gasteiger partial charge in [-0.2, -0.15) is 0 Å². The molecule has 1 aromatic rings. The van der Waals surface area contributed by atoms with E-state index >= 15 is 0 Å². The third-order valence-electron chi connectivity index (χ3n) is 4.97. The third kappa shape index (κ3) is 3.29. The smallest absolute Gasteiger partial charge is 0.263 e. The summed E-state index contributed by atoms with van der Waals surface area (Å²) in [5.74, 6) is 1.66. The number of fused-ring (bicyclic) bond motifs is 1. The molecule has 1 amide bonds. The van der Waals surface area contributed by atoms with Gasteiger partial charge >= 0.3 is 0 Å². The van der Waals surface area contributed by atoms with Crippen LogP contribution in [0.15, 0.2) is 18.2 Å². The van der Waals surface area contributed by atoms with E-state index in [2.05, 4.69) is 19.1 Å². The summed E-state index contributed by atoms with van der Waals surface area (Å²) in [7, 11) is 0. The first-order valence-electron chi connectivity index (χ1n) is 8.71. The van der Waals surface area contributed by atoms with E-state index in [1.807, 2.05) is 17.9 Å². The topological polar surface area (TPSA) is 29.5 Å². The largest absolute Gasteiger partial charge is 0.481 e. The van der Waals surface area contributed by atoms with Crippen molar-refractivity contribution in [2.24, 2.45) is 5.92 Å². The second-order valence-corrected chi connectivity index (χ2v) is 6.89. The molecule has 1 heterocycles. The first-order chi connectivity index (χ1) is 10.6. The molecule has 22 heavy (non-hydrogen) atoms. The third-order valence-corrected chi connectivity index (χ3v) is 4.97. The second kappa shape index (κ2) is 6.72. The summed E-state index contributed by atoms with van der Waals surface area (Å²) in [5, 5.41) is 0. The lowest BCUT2D eigenvalue weighted by Crippen LogP contribution is -2.45. The molecule has 0 saturated carbocycles. The van der Waals surface area contributed by atoms with Gasteiger partial charge in [-0.25, -0.2) is 0 Å². The highest BCUT2D eigenvalue weighted by molar-refractivity contribution is 5.81. The summed E-state index contributed by atoms with van der Waals surface area (Å²) >= 11 is 0. The number of benzene rings is 1. The Morgan fingerprint density at radius 1 is 1.27 bits per heavy atom. The standard InChI is InChI=1S/C19H27NO2/c1-14-7-6-12-20(13-14)19(21)15(2)22-18-11-5-9-16-8-3-4-10-17(16)18/h5,9,11,14-15H,3-4,6-8,10,12-13H2,1-2H3/t14-,15+/m0/s1. The molecular weight excluding hydrogens is 274 g/mol. The molecule has 1 saturated heterocycles. The molecule has 1 fully saturated rings. The number of amides is 1. The molecule has 0 aromatic heterocycles. The molecule has 0 N–H and O–H groups in total. The van der Waals surface area contributed by atoms with E-state index in [9.17, 15) is 4.79 Å². The fourth-order valence-electron chi connectivity index (χ4n) is 3.74. The maximum atomic E-state index is 12.6. The van der Waals surface area contributed by atoms with E-state index in [4.69, 9.17) is 4.74 Å². The fraction of sp³-hybridized carbons (Fsp3) is 0.632. The number of likely N-dealkylation sites (tertiary alicyclic amines) is 1. The predicted octanol–water partition coefficient (Wildman–Crippen LogP) is 3.59. The highest BCUT2D eigenvalue weighted by Gasteiger charge is 2.27. The van der Waals surface area contributed by atoms with Crippen LogP contribution in [-0.2, 0) is 17.6 Å². The van der Waals surface area contributed by atoms with Crippen molar-refractivity contribution in [3.63, 3.8) is 0 Å². The van der Waals surface area contributed by atoms with Crippen LogP contribution in [0.3, 0.4) is 0 Å². The molecule has 3 heteroatoms. The summed E-state index contributed by atoms with van der Waals surface area (Å²) < 4.78 is 6.07. The average molecular weight is 301 g/mol. The Balaban J connectivity index is 1.69. The lowest BCUT2D eigenvalue weighted by Gasteiger charge is -2.33. The number of nitrogens with zero attached hydrogens (tertiary/aromatic N) is 1. The number of ether oxygens (including phenoxy) is 1. The molecule has 0 unspecified atom stereocenters. The van der Waals surface area contributed by atoms with Gasteiger partial charge in [-0.15, -0.1) is 0 Å². The number of hydrogen-bond donors (Lipinski definition) is 0. The van der Waals surface area contributed by atoms with Crippen molar-refractivity contribution in [1.82, 2.24) is 4.90 Å². The van der Waals surface area contributed by atoms with Gasteiger partial charge in [0, 0.05) is 13.1 Å². The van der Waals surface area contributed by atoms with Crippen LogP contribution in [0.2, 0.25) is 0 Å². The van der Waals surface area contributed by atoms with Crippen molar-refractivity contribution >= 4 is 5.91 Å². The number of carbonyl (C=O) groups is 1. The van der Waals surface area contributed by atoms with E-state index in [0.29, 0.717) is 5.92 Å². The van der Waals surface area contributed by atoms with E-state index in [0.717, 1.165) is 38.1 Å². The average Bonchev–Trinajstić information content (AvgIpc) is 2.54. The van der Waals surface area contributed by atoms with Crippen LogP contribution in [0, 0.1) is 5.92 Å². The minimum Gasteiger partial charge on any atom is -0.481 e. The van der Waals surface area contributed by atoms with Crippen molar-refractivity contribution < 1.29 is 9.53 Å². The van der Waals surface area contributed by atoms with Crippen molar-refractivity contribution in [1.29, 1.82) is 0 Å². The molecule has 3 nitrogen and oxygen atoms in total. The minimum atomic E-state index is -0.390. The van der Waals surface area contributed by atoms with Crippen LogP contribution in [0.1, 0.15) is 50.7 Å². The van der Waals surface area contributed by atoms with Gasteiger partial charge < -0.3 is 9.64 Å². The normalized spacial score (nSPS) is 22.8. The molecule has 2 aliphatic rings. The molecule has 0 bridgehead atoms. The lowest BCUT2D eigenvalue weighted by atomic mass is 9.91. The summed E-state index contributed by atoms with van der Waals surface area (Å²) in [6.45, 7) is 5.87. The number of aryl methyl sites for hydroxylation is 1. The zero-order chi connectivity index (χ0) is 15.5. The van der Waals surface area contributed by atoms with E-state index in [-0.39, 0.29) is 5.91 Å². The number of hydrogen-bond acceptors (Lipinski definition) is 2. The molecular formula is C19H27NO2. The maximum absolute atomic E-state index is 12.6. The Morgan fingerprint density at radius 2 is 2.09 bits per heavy atom. The summed E-state index contributed by atoms with van der Waals surface area (Å²) in [4.78, 5) is 14.6. The molecule has 0 spiro atoms. The van der Waals surface area contributed by atoms with Gasteiger partial charge in [0.05, 0.1) is 0 Å². The molecule has 1 aliphatic heterocycles. The molecule has 3 rings (SSSR count). The van der Waals surface area contributed by atoms with Crippen LogP contribution in [0.4, 0.5) is 0 Å². The van der Waals surface area contributed by atoms with Gasteiger partial charge in [-0.1, -0.05) is 19.1 Å². The van der Waals surface area contributed by atoms with E-state index in [1.54, 1.807) is 0 Å². The Bertz CT molecular complexity index is 540. The molecule has 120 valence electrons. The van der Waals surface area contributed by atoms with E-state index < -0.39 is 6.10 Å². The first-order valence-corrected chi connectivity index (χ1v) is 8.71. The minimum absolute atomic E-state index is 0.139.